The van der Waals surface area contributed by atoms with Gasteiger partial charge in [-0.2, -0.15) is 10.5 Å². The highest BCUT2D eigenvalue weighted by Crippen LogP contribution is 2.46. The van der Waals surface area contributed by atoms with Crippen LogP contribution in [-0.2, 0) is 0 Å². The minimum absolute atomic E-state index is 0.538. The van der Waals surface area contributed by atoms with Crippen molar-refractivity contribution in [3.8, 4) is 85.1 Å². The van der Waals surface area contributed by atoms with E-state index in [0.717, 1.165) is 77.7 Å². The van der Waals surface area contributed by atoms with E-state index in [-0.39, 0.29) is 0 Å². The molecule has 0 amide bonds. The highest BCUT2D eigenvalue weighted by Gasteiger charge is 2.25. The predicted octanol–water partition coefficient (Wildman–Crippen LogP) is 13.9. The summed E-state index contributed by atoms with van der Waals surface area (Å²) in [5.41, 5.74) is 16.1. The molecule has 0 saturated carbocycles. The van der Waals surface area contributed by atoms with Crippen LogP contribution in [-0.4, -0.2) is 14.5 Å². The summed E-state index contributed by atoms with van der Waals surface area (Å²) in [6.07, 6.45) is 0. The Morgan fingerprint density at radius 3 is 1.54 bits per heavy atom. The van der Waals surface area contributed by atoms with Crippen LogP contribution in [0.3, 0.4) is 0 Å². The van der Waals surface area contributed by atoms with Gasteiger partial charge >= 0.3 is 0 Å². The molecule has 61 heavy (non-hydrogen) atoms. The molecule has 0 aliphatic carbocycles. The van der Waals surface area contributed by atoms with Crippen molar-refractivity contribution in [2.75, 3.05) is 0 Å². The summed E-state index contributed by atoms with van der Waals surface area (Å²) in [6, 6.07) is 68.8. The minimum atomic E-state index is 0.538. The second kappa shape index (κ2) is 15.4. The van der Waals surface area contributed by atoms with Crippen LogP contribution in [0, 0.1) is 36.5 Å². The fourth-order valence-corrected chi connectivity index (χ4v) is 8.67. The highest BCUT2D eigenvalue weighted by atomic mass is 15.0. The molecule has 0 N–H and O–H groups in total. The van der Waals surface area contributed by atoms with Crippen molar-refractivity contribution in [3.63, 3.8) is 0 Å². The summed E-state index contributed by atoms with van der Waals surface area (Å²) in [4.78, 5) is 10.3. The molecule has 0 fully saturated rings. The molecule has 0 spiro atoms. The van der Waals surface area contributed by atoms with Gasteiger partial charge in [0.05, 0.1) is 51.4 Å². The maximum absolute atomic E-state index is 10.7. The number of aromatic nitrogens is 3. The van der Waals surface area contributed by atoms with Crippen molar-refractivity contribution in [2.45, 2.75) is 13.8 Å². The average molecular weight is 780 g/mol. The second-order valence-corrected chi connectivity index (χ2v) is 15.4. The van der Waals surface area contributed by atoms with Gasteiger partial charge in [0.15, 0.2) is 5.82 Å². The molecule has 8 aromatic carbocycles. The molecule has 286 valence electrons. The zero-order valence-electron chi connectivity index (χ0n) is 33.6. The Morgan fingerprint density at radius 2 is 0.918 bits per heavy atom. The molecule has 10 rings (SSSR count). The fourth-order valence-electron chi connectivity index (χ4n) is 8.67. The van der Waals surface area contributed by atoms with E-state index >= 15 is 0 Å². The van der Waals surface area contributed by atoms with Gasteiger partial charge in [-0.05, 0) is 73.5 Å². The van der Waals surface area contributed by atoms with Crippen molar-refractivity contribution in [1.82, 2.24) is 14.5 Å². The number of nitrogens with zero attached hydrogens (tertiary/aromatic N) is 5. The summed E-state index contributed by atoms with van der Waals surface area (Å²) in [7, 11) is 0. The molecule has 2 aromatic heterocycles. The molecule has 5 nitrogen and oxygen atoms in total. The van der Waals surface area contributed by atoms with E-state index in [1.165, 1.54) is 16.7 Å². The Hall–Kier alpha value is -8.38. The average Bonchev–Trinajstić information content (AvgIpc) is 3.64. The van der Waals surface area contributed by atoms with Gasteiger partial charge in [-0.25, -0.2) is 9.97 Å². The number of fused-ring (bicyclic) bond motifs is 3. The van der Waals surface area contributed by atoms with Gasteiger partial charge in [0.25, 0.3) is 0 Å². The van der Waals surface area contributed by atoms with Gasteiger partial charge in [0.1, 0.15) is 0 Å². The molecule has 0 atom stereocenters. The first-order valence-electron chi connectivity index (χ1n) is 20.3. The number of rotatable bonds is 7. The normalized spacial score (nSPS) is 11.1. The van der Waals surface area contributed by atoms with Gasteiger partial charge in [0, 0.05) is 49.7 Å². The third-order valence-electron chi connectivity index (χ3n) is 11.4. The molecular formula is C56H37N5. The Balaban J connectivity index is 1.34. The first kappa shape index (κ1) is 36.9. The molecule has 2 heterocycles. The standard InChI is InChI=1S/C56H37N5/c1-36-27-37(2)29-43(28-36)40-25-26-54-48(30-40)47-23-13-14-24-53(47)61(54)55-49(45-21-11-9-19-41(45)34-57)31-44(32-50(55)46-22-12-10-20-42(46)35-58)52-33-51(38-15-5-3-6-16-38)59-56(60-52)39-17-7-4-8-18-39/h3-33H,1-2H3. The SMILES string of the molecule is Cc1cc(C)cc(-c2ccc3c(c2)c2ccccc2n3-c2c(-c3ccccc3C#N)cc(-c3cc(-c4ccccc4)nc(-c4ccccc4)n3)cc2-c2ccccc2C#N)c1. The summed E-state index contributed by atoms with van der Waals surface area (Å²) in [5, 5.41) is 23.6. The molecule has 0 unspecified atom stereocenters. The van der Waals surface area contributed by atoms with Crippen LogP contribution in [0.15, 0.2) is 188 Å². The van der Waals surface area contributed by atoms with Crippen LogP contribution in [0.5, 0.6) is 0 Å². The first-order valence-corrected chi connectivity index (χ1v) is 20.3. The van der Waals surface area contributed by atoms with E-state index < -0.39 is 0 Å². The maximum Gasteiger partial charge on any atom is 0.160 e. The highest BCUT2D eigenvalue weighted by molar-refractivity contribution is 6.12. The van der Waals surface area contributed by atoms with Crippen LogP contribution < -0.4 is 0 Å². The fraction of sp³-hybridized carbons (Fsp3) is 0.0357. The Labute approximate surface area is 354 Å². The van der Waals surface area contributed by atoms with Crippen LogP contribution in [0.2, 0.25) is 0 Å². The molecule has 0 bridgehead atoms. The second-order valence-electron chi connectivity index (χ2n) is 15.4. The van der Waals surface area contributed by atoms with Crippen molar-refractivity contribution in [3.05, 3.63) is 210 Å². The number of hydrogen-bond acceptors (Lipinski definition) is 4. The molecule has 5 heteroatoms. The van der Waals surface area contributed by atoms with E-state index in [4.69, 9.17) is 9.97 Å². The number of benzene rings is 8. The van der Waals surface area contributed by atoms with Crippen molar-refractivity contribution < 1.29 is 0 Å². The first-order chi connectivity index (χ1) is 30.0. The smallest absolute Gasteiger partial charge is 0.160 e. The Kier molecular flexibility index (Phi) is 9.33. The van der Waals surface area contributed by atoms with Crippen LogP contribution in [0.25, 0.3) is 94.8 Å². The minimum Gasteiger partial charge on any atom is -0.308 e. The van der Waals surface area contributed by atoms with Gasteiger partial charge in [0.2, 0.25) is 0 Å². The quantitative estimate of drug-likeness (QED) is 0.161. The van der Waals surface area contributed by atoms with E-state index in [0.29, 0.717) is 22.6 Å². The number of hydrogen-bond donors (Lipinski definition) is 0. The summed E-state index contributed by atoms with van der Waals surface area (Å²) in [5.74, 6) is 0.598. The predicted molar refractivity (Wildman–Crippen MR) is 248 cm³/mol. The lowest BCUT2D eigenvalue weighted by Gasteiger charge is -2.22. The van der Waals surface area contributed by atoms with E-state index in [1.807, 2.05) is 103 Å². The molecule has 0 aliphatic rings. The van der Waals surface area contributed by atoms with Crippen molar-refractivity contribution in [1.29, 1.82) is 10.5 Å². The van der Waals surface area contributed by atoms with E-state index in [9.17, 15) is 10.5 Å². The van der Waals surface area contributed by atoms with Gasteiger partial charge in [-0.15, -0.1) is 0 Å². The zero-order chi connectivity index (χ0) is 41.5. The summed E-state index contributed by atoms with van der Waals surface area (Å²) in [6.45, 7) is 4.27. The van der Waals surface area contributed by atoms with Crippen LogP contribution in [0.4, 0.5) is 0 Å². The van der Waals surface area contributed by atoms with Gasteiger partial charge in [-0.3, -0.25) is 0 Å². The largest absolute Gasteiger partial charge is 0.308 e. The van der Waals surface area contributed by atoms with E-state index in [2.05, 4.69) is 115 Å². The Bertz CT molecular complexity index is 3250. The molecule has 0 saturated heterocycles. The van der Waals surface area contributed by atoms with Gasteiger partial charge in [-0.1, -0.05) is 151 Å². The summed E-state index contributed by atoms with van der Waals surface area (Å²) >= 11 is 0. The lowest BCUT2D eigenvalue weighted by Crippen LogP contribution is -2.04. The third kappa shape index (κ3) is 6.71. The van der Waals surface area contributed by atoms with Gasteiger partial charge < -0.3 is 4.57 Å². The lowest BCUT2D eigenvalue weighted by molar-refractivity contribution is 1.17. The van der Waals surface area contributed by atoms with E-state index in [1.54, 1.807) is 0 Å². The summed E-state index contributed by atoms with van der Waals surface area (Å²) < 4.78 is 2.32. The molecule has 0 radical (unpaired) electrons. The zero-order valence-corrected chi connectivity index (χ0v) is 33.6. The van der Waals surface area contributed by atoms with Crippen molar-refractivity contribution in [2.24, 2.45) is 0 Å². The molecular weight excluding hydrogens is 743 g/mol. The Morgan fingerprint density at radius 1 is 0.393 bits per heavy atom. The molecule has 0 aliphatic heterocycles. The van der Waals surface area contributed by atoms with Crippen molar-refractivity contribution >= 4 is 21.8 Å². The monoisotopic (exact) mass is 779 g/mol. The van der Waals surface area contributed by atoms with Crippen LogP contribution in [0.1, 0.15) is 22.3 Å². The number of aryl methyl sites for hydroxylation is 2. The van der Waals surface area contributed by atoms with Crippen LogP contribution >= 0.6 is 0 Å². The third-order valence-corrected chi connectivity index (χ3v) is 11.4. The molecule has 10 aromatic rings. The topological polar surface area (TPSA) is 78.3 Å². The lowest BCUT2D eigenvalue weighted by atomic mass is 9.88. The number of para-hydroxylation sites is 1. The number of nitriles is 2. The maximum atomic E-state index is 10.7.